The first-order valence-corrected chi connectivity index (χ1v) is 7.58. The second kappa shape index (κ2) is 5.70. The van der Waals surface area contributed by atoms with Crippen LogP contribution in [0.25, 0.3) is 6.08 Å². The zero-order valence-electron chi connectivity index (χ0n) is 12.1. The first-order chi connectivity index (χ1) is 9.83. The highest BCUT2D eigenvalue weighted by atomic mass is 16.1. The molecular formula is C17H22N2O. The van der Waals surface area contributed by atoms with E-state index in [4.69, 9.17) is 0 Å². The lowest BCUT2D eigenvalue weighted by Crippen LogP contribution is -2.23. The summed E-state index contributed by atoms with van der Waals surface area (Å²) < 4.78 is 2.34. The standard InChI is InChI=1S/C17H22N2O/c1-2-10-18-11-14(12-19(13-20)15-8-9-15)16-6-4-3-5-7-17(16)18/h3-5,7,11,13,15H,2,6,8-10,12H2,1H3. The van der Waals surface area contributed by atoms with Gasteiger partial charge >= 0.3 is 0 Å². The molecule has 1 saturated carbocycles. The number of aromatic nitrogens is 1. The molecule has 20 heavy (non-hydrogen) atoms. The lowest BCUT2D eigenvalue weighted by molar-refractivity contribution is -0.119. The third kappa shape index (κ3) is 2.58. The molecule has 2 aliphatic carbocycles. The Morgan fingerprint density at radius 1 is 1.40 bits per heavy atom. The van der Waals surface area contributed by atoms with Gasteiger partial charge in [0, 0.05) is 31.0 Å². The summed E-state index contributed by atoms with van der Waals surface area (Å²) in [5.74, 6) is 0. The number of carbonyl (C=O) groups excluding carboxylic acids is 1. The summed E-state index contributed by atoms with van der Waals surface area (Å²) in [6, 6.07) is 0.481. The second-order valence-corrected chi connectivity index (χ2v) is 5.71. The normalized spacial score (nSPS) is 16.9. The Morgan fingerprint density at radius 2 is 2.25 bits per heavy atom. The highest BCUT2D eigenvalue weighted by Gasteiger charge is 2.29. The number of hydrogen-bond acceptors (Lipinski definition) is 1. The molecule has 0 spiro atoms. The lowest BCUT2D eigenvalue weighted by atomic mass is 10.1. The molecule has 3 nitrogen and oxygen atoms in total. The fraction of sp³-hybridized carbons (Fsp3) is 0.471. The zero-order valence-corrected chi connectivity index (χ0v) is 12.1. The van der Waals surface area contributed by atoms with Crippen molar-refractivity contribution in [3.05, 3.63) is 41.2 Å². The van der Waals surface area contributed by atoms with Crippen molar-refractivity contribution in [1.82, 2.24) is 9.47 Å². The van der Waals surface area contributed by atoms with E-state index in [2.05, 4.69) is 42.0 Å². The average molecular weight is 270 g/mol. The van der Waals surface area contributed by atoms with Crippen LogP contribution >= 0.6 is 0 Å². The average Bonchev–Trinajstić information content (AvgIpc) is 3.26. The first-order valence-electron chi connectivity index (χ1n) is 7.58. The maximum Gasteiger partial charge on any atom is 0.210 e. The SMILES string of the molecule is CCCn1cc(CN(C=O)C2CC2)c2c1C=CC=CC2. The Hall–Kier alpha value is -1.77. The van der Waals surface area contributed by atoms with E-state index in [-0.39, 0.29) is 0 Å². The van der Waals surface area contributed by atoms with Gasteiger partial charge in [0.05, 0.1) is 0 Å². The summed E-state index contributed by atoms with van der Waals surface area (Å²) in [6.07, 6.45) is 16.3. The molecule has 1 aromatic rings. The molecule has 1 amide bonds. The molecule has 0 saturated heterocycles. The lowest BCUT2D eigenvalue weighted by Gasteiger charge is -2.16. The van der Waals surface area contributed by atoms with Gasteiger partial charge in [-0.15, -0.1) is 0 Å². The number of fused-ring (bicyclic) bond motifs is 1. The third-order valence-corrected chi connectivity index (χ3v) is 4.11. The van der Waals surface area contributed by atoms with E-state index in [1.165, 1.54) is 16.8 Å². The minimum atomic E-state index is 0.481. The number of aryl methyl sites for hydroxylation is 1. The summed E-state index contributed by atoms with van der Waals surface area (Å²) in [5.41, 5.74) is 4.01. The van der Waals surface area contributed by atoms with Crippen molar-refractivity contribution >= 4 is 12.5 Å². The van der Waals surface area contributed by atoms with Gasteiger partial charge in [0.25, 0.3) is 0 Å². The number of nitrogens with zero attached hydrogens (tertiary/aromatic N) is 2. The van der Waals surface area contributed by atoms with Gasteiger partial charge in [-0.2, -0.15) is 0 Å². The topological polar surface area (TPSA) is 25.2 Å². The van der Waals surface area contributed by atoms with E-state index < -0.39 is 0 Å². The van der Waals surface area contributed by atoms with Gasteiger partial charge in [-0.05, 0) is 42.9 Å². The van der Waals surface area contributed by atoms with Crippen LogP contribution in [0.5, 0.6) is 0 Å². The van der Waals surface area contributed by atoms with Gasteiger partial charge in [-0.25, -0.2) is 0 Å². The van der Waals surface area contributed by atoms with Crippen LogP contribution in [0.2, 0.25) is 0 Å². The van der Waals surface area contributed by atoms with Crippen LogP contribution in [0.3, 0.4) is 0 Å². The van der Waals surface area contributed by atoms with Crippen LogP contribution in [-0.4, -0.2) is 21.9 Å². The predicted molar refractivity (Wildman–Crippen MR) is 81.2 cm³/mol. The summed E-state index contributed by atoms with van der Waals surface area (Å²) in [7, 11) is 0. The molecule has 0 atom stereocenters. The Morgan fingerprint density at radius 3 is 2.95 bits per heavy atom. The second-order valence-electron chi connectivity index (χ2n) is 5.71. The summed E-state index contributed by atoms with van der Waals surface area (Å²) >= 11 is 0. The van der Waals surface area contributed by atoms with E-state index >= 15 is 0 Å². The minimum Gasteiger partial charge on any atom is -0.347 e. The molecule has 3 heteroatoms. The monoisotopic (exact) mass is 270 g/mol. The fourth-order valence-corrected chi connectivity index (χ4v) is 2.93. The molecule has 0 aromatic carbocycles. The highest BCUT2D eigenvalue weighted by molar-refractivity contribution is 5.58. The van der Waals surface area contributed by atoms with E-state index in [1.807, 2.05) is 4.90 Å². The largest absolute Gasteiger partial charge is 0.347 e. The van der Waals surface area contributed by atoms with Gasteiger partial charge in [-0.1, -0.05) is 25.2 Å². The molecule has 0 radical (unpaired) electrons. The molecule has 1 aromatic heterocycles. The number of rotatable bonds is 6. The molecule has 0 N–H and O–H groups in total. The van der Waals surface area contributed by atoms with Crippen molar-refractivity contribution in [2.24, 2.45) is 0 Å². The van der Waals surface area contributed by atoms with E-state index in [9.17, 15) is 4.79 Å². The molecule has 106 valence electrons. The number of amides is 1. The Kier molecular flexibility index (Phi) is 3.77. The van der Waals surface area contributed by atoms with Crippen LogP contribution < -0.4 is 0 Å². The Labute approximate surface area is 120 Å². The Bertz CT molecular complexity index is 550. The number of hydrogen-bond donors (Lipinski definition) is 0. The van der Waals surface area contributed by atoms with Crippen LogP contribution in [-0.2, 0) is 24.3 Å². The van der Waals surface area contributed by atoms with Crippen LogP contribution in [0, 0.1) is 0 Å². The molecular weight excluding hydrogens is 248 g/mol. The van der Waals surface area contributed by atoms with Crippen LogP contribution in [0.4, 0.5) is 0 Å². The van der Waals surface area contributed by atoms with E-state index in [0.717, 1.165) is 45.2 Å². The predicted octanol–water partition coefficient (Wildman–Crippen LogP) is 3.14. The van der Waals surface area contributed by atoms with E-state index in [0.29, 0.717) is 6.04 Å². The molecule has 3 rings (SSSR count). The van der Waals surface area contributed by atoms with Crippen molar-refractivity contribution in [3.63, 3.8) is 0 Å². The van der Waals surface area contributed by atoms with Gasteiger partial charge in [0.1, 0.15) is 0 Å². The summed E-state index contributed by atoms with van der Waals surface area (Å²) in [6.45, 7) is 4.00. The number of allylic oxidation sites excluding steroid dienone is 3. The minimum absolute atomic E-state index is 0.481. The molecule has 0 aliphatic heterocycles. The fourth-order valence-electron chi connectivity index (χ4n) is 2.93. The molecule has 0 bridgehead atoms. The van der Waals surface area contributed by atoms with Crippen molar-refractivity contribution in [1.29, 1.82) is 0 Å². The first kappa shape index (κ1) is 13.2. The third-order valence-electron chi connectivity index (χ3n) is 4.11. The van der Waals surface area contributed by atoms with Gasteiger partial charge in [0.2, 0.25) is 6.41 Å². The quantitative estimate of drug-likeness (QED) is 0.729. The molecule has 2 aliphatic rings. The molecule has 0 unspecified atom stereocenters. The van der Waals surface area contributed by atoms with Gasteiger partial charge in [0.15, 0.2) is 0 Å². The molecule has 1 fully saturated rings. The number of carbonyl (C=O) groups is 1. The van der Waals surface area contributed by atoms with Crippen molar-refractivity contribution in [3.8, 4) is 0 Å². The maximum absolute atomic E-state index is 11.3. The van der Waals surface area contributed by atoms with Crippen LogP contribution in [0.1, 0.15) is 43.0 Å². The van der Waals surface area contributed by atoms with E-state index in [1.54, 1.807) is 0 Å². The Balaban J connectivity index is 1.91. The van der Waals surface area contributed by atoms with Crippen molar-refractivity contribution < 1.29 is 4.79 Å². The van der Waals surface area contributed by atoms with Gasteiger partial charge < -0.3 is 9.47 Å². The van der Waals surface area contributed by atoms with Crippen molar-refractivity contribution in [2.45, 2.75) is 51.7 Å². The summed E-state index contributed by atoms with van der Waals surface area (Å²) in [4.78, 5) is 13.2. The summed E-state index contributed by atoms with van der Waals surface area (Å²) in [5, 5.41) is 0. The smallest absolute Gasteiger partial charge is 0.210 e. The zero-order chi connectivity index (χ0) is 13.9. The molecule has 1 heterocycles. The van der Waals surface area contributed by atoms with Crippen molar-refractivity contribution in [2.75, 3.05) is 0 Å². The van der Waals surface area contributed by atoms with Gasteiger partial charge in [-0.3, -0.25) is 4.79 Å². The highest BCUT2D eigenvalue weighted by Crippen LogP contribution is 2.30. The van der Waals surface area contributed by atoms with Crippen LogP contribution in [0.15, 0.2) is 24.4 Å². The maximum atomic E-state index is 11.3.